The maximum atomic E-state index is 11.6. The van der Waals surface area contributed by atoms with Crippen molar-refractivity contribution in [1.29, 1.82) is 0 Å². The van der Waals surface area contributed by atoms with Crippen molar-refractivity contribution in [1.82, 2.24) is 0 Å². The van der Waals surface area contributed by atoms with Crippen molar-refractivity contribution in [2.24, 2.45) is 5.92 Å². The van der Waals surface area contributed by atoms with E-state index in [2.05, 4.69) is 0 Å². The van der Waals surface area contributed by atoms with E-state index in [9.17, 15) is 4.79 Å². The van der Waals surface area contributed by atoms with Gasteiger partial charge in [0.15, 0.2) is 0 Å². The zero-order chi connectivity index (χ0) is 12.5. The van der Waals surface area contributed by atoms with Gasteiger partial charge in [-0.25, -0.2) is 0 Å². The van der Waals surface area contributed by atoms with Gasteiger partial charge >= 0.3 is 0 Å². The number of carbonyl (C=O) groups excluding carboxylic acids is 1. The minimum absolute atomic E-state index is 0.175. The SMILES string of the molecule is CCCC(=O)C(C)CCCOc1ccccc1. The molecule has 0 aliphatic carbocycles. The molecule has 0 amide bonds. The molecule has 0 fully saturated rings. The molecule has 2 heteroatoms. The van der Waals surface area contributed by atoms with Crippen LogP contribution < -0.4 is 4.74 Å². The summed E-state index contributed by atoms with van der Waals surface area (Å²) in [6.07, 6.45) is 3.52. The number of Topliss-reactive ketones (excluding diaryl/α,β-unsaturated/α-hetero) is 1. The monoisotopic (exact) mass is 234 g/mol. The van der Waals surface area contributed by atoms with Crippen molar-refractivity contribution in [3.05, 3.63) is 30.3 Å². The summed E-state index contributed by atoms with van der Waals surface area (Å²) in [7, 11) is 0. The fraction of sp³-hybridized carbons (Fsp3) is 0.533. The summed E-state index contributed by atoms with van der Waals surface area (Å²) in [5.41, 5.74) is 0. The van der Waals surface area contributed by atoms with Crippen LogP contribution in [0.3, 0.4) is 0 Å². The highest BCUT2D eigenvalue weighted by Crippen LogP contribution is 2.12. The van der Waals surface area contributed by atoms with Crippen LogP contribution in [0.25, 0.3) is 0 Å². The van der Waals surface area contributed by atoms with Crippen molar-refractivity contribution in [3.63, 3.8) is 0 Å². The summed E-state index contributed by atoms with van der Waals surface area (Å²) in [5.74, 6) is 1.46. The summed E-state index contributed by atoms with van der Waals surface area (Å²) >= 11 is 0. The van der Waals surface area contributed by atoms with Crippen LogP contribution in [0.2, 0.25) is 0 Å². The molecule has 0 saturated heterocycles. The number of ether oxygens (including phenoxy) is 1. The third-order valence-electron chi connectivity index (χ3n) is 2.84. The van der Waals surface area contributed by atoms with Gasteiger partial charge in [0, 0.05) is 12.3 Å². The van der Waals surface area contributed by atoms with Crippen LogP contribution in [0.15, 0.2) is 30.3 Å². The minimum atomic E-state index is 0.175. The van der Waals surface area contributed by atoms with Crippen LogP contribution in [0.4, 0.5) is 0 Å². The summed E-state index contributed by atoms with van der Waals surface area (Å²) in [5, 5.41) is 0. The standard InChI is InChI=1S/C15H22O2/c1-3-8-15(16)13(2)9-7-12-17-14-10-5-4-6-11-14/h4-6,10-11,13H,3,7-9,12H2,1-2H3. The first-order valence-corrected chi connectivity index (χ1v) is 6.44. The van der Waals surface area contributed by atoms with Gasteiger partial charge in [0.05, 0.1) is 6.61 Å². The quantitative estimate of drug-likeness (QED) is 0.639. The Kier molecular flexibility index (Phi) is 6.38. The first-order valence-electron chi connectivity index (χ1n) is 6.44. The first-order chi connectivity index (χ1) is 8.24. The van der Waals surface area contributed by atoms with Crippen LogP contribution in [0.1, 0.15) is 39.5 Å². The Hall–Kier alpha value is -1.31. The molecule has 94 valence electrons. The summed E-state index contributed by atoms with van der Waals surface area (Å²) in [6.45, 7) is 4.75. The number of hydrogen-bond donors (Lipinski definition) is 0. The van der Waals surface area contributed by atoms with E-state index in [1.807, 2.05) is 44.2 Å². The molecule has 1 rings (SSSR count). The molecule has 1 unspecified atom stereocenters. The number of ketones is 1. The van der Waals surface area contributed by atoms with Crippen molar-refractivity contribution in [2.75, 3.05) is 6.61 Å². The summed E-state index contributed by atoms with van der Waals surface area (Å²) < 4.78 is 5.58. The Morgan fingerprint density at radius 3 is 2.65 bits per heavy atom. The van der Waals surface area contributed by atoms with E-state index in [0.717, 1.165) is 25.0 Å². The topological polar surface area (TPSA) is 26.3 Å². The molecule has 0 aliphatic heterocycles. The van der Waals surface area contributed by atoms with Crippen LogP contribution in [0.5, 0.6) is 5.75 Å². The number of carbonyl (C=O) groups is 1. The Labute approximate surface area is 104 Å². The molecule has 0 saturated carbocycles. The second-order valence-corrected chi connectivity index (χ2v) is 4.42. The van der Waals surface area contributed by atoms with E-state index in [4.69, 9.17) is 4.74 Å². The van der Waals surface area contributed by atoms with Gasteiger partial charge in [-0.2, -0.15) is 0 Å². The highest BCUT2D eigenvalue weighted by molar-refractivity contribution is 5.80. The molecule has 17 heavy (non-hydrogen) atoms. The molecule has 2 nitrogen and oxygen atoms in total. The van der Waals surface area contributed by atoms with Gasteiger partial charge in [-0.1, -0.05) is 32.0 Å². The van der Waals surface area contributed by atoms with Gasteiger partial charge in [0.1, 0.15) is 11.5 Å². The largest absolute Gasteiger partial charge is 0.494 e. The predicted molar refractivity (Wildman–Crippen MR) is 70.3 cm³/mol. The van der Waals surface area contributed by atoms with Crippen molar-refractivity contribution < 1.29 is 9.53 Å². The molecule has 1 atom stereocenters. The van der Waals surface area contributed by atoms with Gasteiger partial charge in [-0.15, -0.1) is 0 Å². The zero-order valence-electron chi connectivity index (χ0n) is 10.8. The molecular weight excluding hydrogens is 212 g/mol. The van der Waals surface area contributed by atoms with Gasteiger partial charge in [0.25, 0.3) is 0 Å². The fourth-order valence-corrected chi connectivity index (χ4v) is 1.75. The maximum absolute atomic E-state index is 11.6. The van der Waals surface area contributed by atoms with E-state index in [0.29, 0.717) is 18.8 Å². The Balaban J connectivity index is 2.14. The Bertz CT molecular complexity index is 319. The minimum Gasteiger partial charge on any atom is -0.494 e. The Morgan fingerprint density at radius 1 is 1.29 bits per heavy atom. The normalized spacial score (nSPS) is 12.1. The smallest absolute Gasteiger partial charge is 0.135 e. The highest BCUT2D eigenvalue weighted by Gasteiger charge is 2.10. The summed E-state index contributed by atoms with van der Waals surface area (Å²) in [4.78, 5) is 11.6. The lowest BCUT2D eigenvalue weighted by Crippen LogP contribution is -2.11. The van der Waals surface area contributed by atoms with Crippen molar-refractivity contribution in [3.8, 4) is 5.75 Å². The second-order valence-electron chi connectivity index (χ2n) is 4.42. The third-order valence-corrected chi connectivity index (χ3v) is 2.84. The first kappa shape index (κ1) is 13.8. The fourth-order valence-electron chi connectivity index (χ4n) is 1.75. The van der Waals surface area contributed by atoms with Gasteiger partial charge < -0.3 is 4.74 Å². The molecule has 0 bridgehead atoms. The van der Waals surface area contributed by atoms with Crippen molar-refractivity contribution in [2.45, 2.75) is 39.5 Å². The molecule has 0 aromatic heterocycles. The summed E-state index contributed by atoms with van der Waals surface area (Å²) in [6, 6.07) is 9.79. The molecule has 0 N–H and O–H groups in total. The molecule has 0 radical (unpaired) electrons. The molecule has 0 spiro atoms. The predicted octanol–water partition coefficient (Wildman–Crippen LogP) is 3.85. The van der Waals surface area contributed by atoms with Crippen LogP contribution in [-0.4, -0.2) is 12.4 Å². The molecule has 0 heterocycles. The van der Waals surface area contributed by atoms with Gasteiger partial charge in [0.2, 0.25) is 0 Å². The van der Waals surface area contributed by atoms with Gasteiger partial charge in [-0.05, 0) is 31.4 Å². The number of para-hydroxylation sites is 1. The molecular formula is C15H22O2. The molecule has 1 aromatic carbocycles. The number of benzene rings is 1. The van der Waals surface area contributed by atoms with E-state index in [-0.39, 0.29) is 5.92 Å². The molecule has 0 aliphatic rings. The lowest BCUT2D eigenvalue weighted by molar-refractivity contribution is -0.122. The average Bonchev–Trinajstić information content (AvgIpc) is 2.36. The van der Waals surface area contributed by atoms with E-state index in [1.165, 1.54) is 0 Å². The Morgan fingerprint density at radius 2 is 2.00 bits per heavy atom. The van der Waals surface area contributed by atoms with E-state index >= 15 is 0 Å². The van der Waals surface area contributed by atoms with Crippen LogP contribution in [0, 0.1) is 5.92 Å². The molecule has 1 aromatic rings. The van der Waals surface area contributed by atoms with E-state index in [1.54, 1.807) is 0 Å². The zero-order valence-corrected chi connectivity index (χ0v) is 10.8. The third kappa shape index (κ3) is 5.53. The number of hydrogen-bond acceptors (Lipinski definition) is 2. The van der Waals surface area contributed by atoms with Crippen LogP contribution >= 0.6 is 0 Å². The van der Waals surface area contributed by atoms with Crippen molar-refractivity contribution >= 4 is 5.78 Å². The lowest BCUT2D eigenvalue weighted by atomic mass is 9.98. The maximum Gasteiger partial charge on any atom is 0.135 e. The lowest BCUT2D eigenvalue weighted by Gasteiger charge is -2.10. The van der Waals surface area contributed by atoms with Gasteiger partial charge in [-0.3, -0.25) is 4.79 Å². The average molecular weight is 234 g/mol. The number of rotatable bonds is 8. The van der Waals surface area contributed by atoms with E-state index < -0.39 is 0 Å². The van der Waals surface area contributed by atoms with Crippen LogP contribution in [-0.2, 0) is 4.79 Å². The second kappa shape index (κ2) is 7.88. The highest BCUT2D eigenvalue weighted by atomic mass is 16.5.